The van der Waals surface area contributed by atoms with Crippen molar-refractivity contribution in [2.24, 2.45) is 0 Å². The predicted molar refractivity (Wildman–Crippen MR) is 118 cm³/mol. The Balaban J connectivity index is 1.33. The maximum Gasteiger partial charge on any atom is 0.227 e. The van der Waals surface area contributed by atoms with E-state index in [4.69, 9.17) is 4.42 Å². The molecule has 0 spiro atoms. The molecule has 1 aromatic carbocycles. The highest BCUT2D eigenvalue weighted by Gasteiger charge is 2.21. The second-order valence-corrected chi connectivity index (χ2v) is 8.72. The van der Waals surface area contributed by atoms with Gasteiger partial charge >= 0.3 is 0 Å². The molecule has 0 unspecified atom stereocenters. The lowest BCUT2D eigenvalue weighted by atomic mass is 10.1. The summed E-state index contributed by atoms with van der Waals surface area (Å²) in [5.74, 6) is 0.827. The molecule has 3 heterocycles. The van der Waals surface area contributed by atoms with E-state index >= 15 is 0 Å². The maximum absolute atomic E-state index is 12.3. The first-order valence-electron chi connectivity index (χ1n) is 11.1. The first-order valence-corrected chi connectivity index (χ1v) is 11.1. The SMILES string of the molecule is Cc1ccc(CN2CCN(Cc3oc(CN4CCCCC4)cc(=O)c3O)CC2)cc1. The first-order chi connectivity index (χ1) is 14.6. The monoisotopic (exact) mass is 411 g/mol. The Labute approximate surface area is 178 Å². The van der Waals surface area contributed by atoms with Crippen LogP contribution in [0.2, 0.25) is 0 Å². The number of likely N-dealkylation sites (tertiary alicyclic amines) is 1. The van der Waals surface area contributed by atoms with Gasteiger partial charge in [0, 0.05) is 38.8 Å². The Morgan fingerprint density at radius 2 is 1.43 bits per heavy atom. The molecule has 6 nitrogen and oxygen atoms in total. The van der Waals surface area contributed by atoms with E-state index in [0.717, 1.165) is 45.8 Å². The number of piperazine rings is 1. The third-order valence-corrected chi connectivity index (χ3v) is 6.23. The predicted octanol–water partition coefficient (Wildman–Crippen LogP) is 2.96. The number of aryl methyl sites for hydroxylation is 1. The molecular weight excluding hydrogens is 378 g/mol. The van der Waals surface area contributed by atoms with E-state index < -0.39 is 0 Å². The molecule has 0 radical (unpaired) electrons. The molecule has 0 amide bonds. The average molecular weight is 412 g/mol. The van der Waals surface area contributed by atoms with E-state index in [9.17, 15) is 9.90 Å². The zero-order chi connectivity index (χ0) is 20.9. The van der Waals surface area contributed by atoms with Crippen molar-refractivity contribution in [3.63, 3.8) is 0 Å². The smallest absolute Gasteiger partial charge is 0.227 e. The van der Waals surface area contributed by atoms with E-state index in [2.05, 4.69) is 45.9 Å². The average Bonchev–Trinajstić information content (AvgIpc) is 2.75. The fourth-order valence-electron chi connectivity index (χ4n) is 4.37. The second kappa shape index (κ2) is 9.77. The van der Waals surface area contributed by atoms with Crippen molar-refractivity contribution >= 4 is 0 Å². The van der Waals surface area contributed by atoms with Gasteiger partial charge in [0.25, 0.3) is 0 Å². The Morgan fingerprint density at radius 1 is 0.833 bits per heavy atom. The van der Waals surface area contributed by atoms with Crippen LogP contribution in [-0.4, -0.2) is 59.1 Å². The molecule has 1 aromatic heterocycles. The van der Waals surface area contributed by atoms with Gasteiger partial charge in [0.2, 0.25) is 11.2 Å². The second-order valence-electron chi connectivity index (χ2n) is 8.72. The van der Waals surface area contributed by atoms with Crippen LogP contribution in [0.25, 0.3) is 0 Å². The quantitative estimate of drug-likeness (QED) is 0.789. The number of piperidine rings is 1. The molecule has 2 saturated heterocycles. The number of nitrogens with zero attached hydrogens (tertiary/aromatic N) is 3. The molecule has 0 aliphatic carbocycles. The number of benzene rings is 1. The number of rotatable bonds is 6. The molecule has 0 saturated carbocycles. The fourth-order valence-corrected chi connectivity index (χ4v) is 4.37. The van der Waals surface area contributed by atoms with Crippen LogP contribution in [0.15, 0.2) is 39.5 Å². The third-order valence-electron chi connectivity index (χ3n) is 6.23. The van der Waals surface area contributed by atoms with Gasteiger partial charge in [0.15, 0.2) is 5.76 Å². The van der Waals surface area contributed by atoms with Gasteiger partial charge in [-0.1, -0.05) is 36.2 Å². The molecule has 4 rings (SSSR count). The van der Waals surface area contributed by atoms with E-state index in [-0.39, 0.29) is 11.2 Å². The highest BCUT2D eigenvalue weighted by Crippen LogP contribution is 2.20. The lowest BCUT2D eigenvalue weighted by Gasteiger charge is -2.34. The summed E-state index contributed by atoms with van der Waals surface area (Å²) in [4.78, 5) is 19.3. The van der Waals surface area contributed by atoms with Gasteiger partial charge in [-0.15, -0.1) is 0 Å². The molecule has 2 aromatic rings. The summed E-state index contributed by atoms with van der Waals surface area (Å²) in [7, 11) is 0. The van der Waals surface area contributed by atoms with Gasteiger partial charge in [-0.25, -0.2) is 0 Å². The molecule has 6 heteroatoms. The summed E-state index contributed by atoms with van der Waals surface area (Å²) in [6.45, 7) is 10.00. The molecule has 2 aliphatic heterocycles. The lowest BCUT2D eigenvalue weighted by molar-refractivity contribution is 0.112. The van der Waals surface area contributed by atoms with E-state index in [1.165, 1.54) is 36.5 Å². The topological polar surface area (TPSA) is 60.2 Å². The fraction of sp³-hybridized carbons (Fsp3) is 0.542. The van der Waals surface area contributed by atoms with E-state index in [1.54, 1.807) is 0 Å². The maximum atomic E-state index is 12.3. The van der Waals surface area contributed by atoms with Crippen LogP contribution in [0.4, 0.5) is 0 Å². The minimum Gasteiger partial charge on any atom is -0.502 e. The van der Waals surface area contributed by atoms with Crippen molar-refractivity contribution in [2.75, 3.05) is 39.3 Å². The van der Waals surface area contributed by atoms with Crippen molar-refractivity contribution < 1.29 is 9.52 Å². The summed E-state index contributed by atoms with van der Waals surface area (Å²) in [6.07, 6.45) is 3.67. The third kappa shape index (κ3) is 5.50. The molecule has 1 N–H and O–H groups in total. The Bertz CT molecular complexity index is 880. The Kier molecular flexibility index (Phi) is 6.87. The van der Waals surface area contributed by atoms with Gasteiger partial charge in [0.05, 0.1) is 13.1 Å². The molecular formula is C24H33N3O3. The van der Waals surface area contributed by atoms with Crippen LogP contribution in [-0.2, 0) is 19.6 Å². The van der Waals surface area contributed by atoms with Crippen LogP contribution < -0.4 is 5.43 Å². The summed E-state index contributed by atoms with van der Waals surface area (Å²) in [5.41, 5.74) is 2.29. The first kappa shape index (κ1) is 21.1. The van der Waals surface area contributed by atoms with Gasteiger partial charge in [0.1, 0.15) is 5.76 Å². The van der Waals surface area contributed by atoms with Gasteiger partial charge < -0.3 is 9.52 Å². The van der Waals surface area contributed by atoms with Gasteiger partial charge in [-0.05, 0) is 38.4 Å². The molecule has 2 aliphatic rings. The summed E-state index contributed by atoms with van der Waals surface area (Å²) in [5, 5.41) is 10.3. The van der Waals surface area contributed by atoms with Crippen LogP contribution in [0, 0.1) is 6.92 Å². The zero-order valence-electron chi connectivity index (χ0n) is 18.0. The standard InChI is InChI=1S/C24H33N3O3/c1-19-5-7-20(8-6-19)16-26-11-13-27(14-12-26)18-23-24(29)22(28)15-21(30-23)17-25-9-3-2-4-10-25/h5-8,15,29H,2-4,9-14,16-18H2,1H3. The number of aromatic hydroxyl groups is 1. The molecule has 30 heavy (non-hydrogen) atoms. The van der Waals surface area contributed by atoms with Crippen molar-refractivity contribution in [2.45, 2.75) is 45.8 Å². The lowest BCUT2D eigenvalue weighted by Crippen LogP contribution is -2.45. The minimum atomic E-state index is -0.332. The van der Waals surface area contributed by atoms with Gasteiger partial charge in [-0.2, -0.15) is 0 Å². The number of hydrogen-bond acceptors (Lipinski definition) is 6. The normalized spacial score (nSPS) is 19.2. The van der Waals surface area contributed by atoms with Crippen LogP contribution in [0.1, 0.15) is 41.9 Å². The van der Waals surface area contributed by atoms with Crippen molar-refractivity contribution in [1.82, 2.24) is 14.7 Å². The van der Waals surface area contributed by atoms with Crippen LogP contribution in [0.5, 0.6) is 5.75 Å². The number of hydrogen-bond donors (Lipinski definition) is 1. The van der Waals surface area contributed by atoms with Crippen LogP contribution >= 0.6 is 0 Å². The summed E-state index contributed by atoms with van der Waals surface area (Å²) >= 11 is 0. The van der Waals surface area contributed by atoms with E-state index in [0.29, 0.717) is 24.6 Å². The Morgan fingerprint density at radius 3 is 2.10 bits per heavy atom. The zero-order valence-corrected chi connectivity index (χ0v) is 18.0. The van der Waals surface area contributed by atoms with Crippen LogP contribution in [0.3, 0.4) is 0 Å². The highest BCUT2D eigenvalue weighted by atomic mass is 16.4. The van der Waals surface area contributed by atoms with Crippen molar-refractivity contribution in [3.8, 4) is 5.75 Å². The van der Waals surface area contributed by atoms with Crippen molar-refractivity contribution in [3.05, 3.63) is 63.2 Å². The van der Waals surface area contributed by atoms with E-state index in [1.807, 2.05) is 0 Å². The minimum absolute atomic E-state index is 0.237. The largest absolute Gasteiger partial charge is 0.502 e. The molecule has 2 fully saturated rings. The van der Waals surface area contributed by atoms with Gasteiger partial charge in [-0.3, -0.25) is 19.5 Å². The van der Waals surface area contributed by atoms with Crippen molar-refractivity contribution in [1.29, 1.82) is 0 Å². The summed E-state index contributed by atoms with van der Waals surface area (Å²) < 4.78 is 5.98. The Hall–Kier alpha value is -2.15. The highest BCUT2D eigenvalue weighted by molar-refractivity contribution is 5.25. The molecule has 0 atom stereocenters. The summed E-state index contributed by atoms with van der Waals surface area (Å²) in [6, 6.07) is 10.2. The molecule has 0 bridgehead atoms. The molecule has 162 valence electrons.